The van der Waals surface area contributed by atoms with E-state index in [2.05, 4.69) is 293 Å². The third kappa shape index (κ3) is 29.5. The second kappa shape index (κ2) is 49.0. The maximum absolute atomic E-state index is 11.2. The van der Waals surface area contributed by atoms with E-state index >= 15 is 0 Å². The van der Waals surface area contributed by atoms with Crippen LogP contribution in [0.1, 0.15) is 102 Å². The van der Waals surface area contributed by atoms with Gasteiger partial charge in [-0.3, -0.25) is 33.7 Å². The number of piperazine rings is 3. The number of alkyl halides is 2. The second-order valence-electron chi connectivity index (χ2n) is 27.9. The fraction of sp³-hybridized carbons (Fsp3) is 0.430. The Labute approximate surface area is 727 Å². The first kappa shape index (κ1) is 87.9. The molecule has 3 atom stereocenters. The van der Waals surface area contributed by atoms with E-state index in [4.69, 9.17) is 20.9 Å². The van der Waals surface area contributed by atoms with Crippen LogP contribution in [0.25, 0.3) is 0 Å². The first-order chi connectivity index (χ1) is 51.3. The smallest absolute Gasteiger partial charge is 1.00 e. The molecule has 0 aliphatic carbocycles. The number of hydrogen-bond acceptors (Lipinski definition) is 16. The quantitative estimate of drug-likeness (QED) is 0.0182. The minimum atomic E-state index is -1.00. The molecule has 7 saturated heterocycles. The number of aryl methyl sites for hydroxylation is 2. The van der Waals surface area contributed by atoms with Crippen LogP contribution in [-0.4, -0.2) is 220 Å². The number of likely N-dealkylation sites (tertiary alicyclic amines) is 1. The largest absolute Gasteiger partial charge is 1.00 e. The van der Waals surface area contributed by atoms with E-state index in [9.17, 15) is 19.7 Å². The predicted octanol–water partition coefficient (Wildman–Crippen LogP) is 5.01. The number of nitrogens with zero attached hydrogens (tertiary/aromatic N) is 6. The van der Waals surface area contributed by atoms with Crippen LogP contribution in [0.3, 0.4) is 0 Å². The maximum atomic E-state index is 11.2. The van der Waals surface area contributed by atoms with Crippen molar-refractivity contribution in [1.29, 1.82) is 0 Å². The van der Waals surface area contributed by atoms with Crippen molar-refractivity contribution in [2.24, 2.45) is 0 Å². The van der Waals surface area contributed by atoms with E-state index in [1.165, 1.54) is 44.5 Å². The number of carbonyl (C=O) groups is 1. The van der Waals surface area contributed by atoms with Crippen LogP contribution >= 0.6 is 15.9 Å². The Morgan fingerprint density at radius 3 is 1.07 bits per heavy atom. The summed E-state index contributed by atoms with van der Waals surface area (Å²) in [5.41, 5.74) is 11.4. The Bertz CT molecular complexity index is 3490. The van der Waals surface area contributed by atoms with Gasteiger partial charge in [0.1, 0.15) is 0 Å². The standard InChI is InChI=1S/C32H41N3O2.C20H24N2O.C17H20N2.C12H17NO.C3H5BrO.CH3F.CH2O3.2K.H/c1-26-12-14-29(15-13-26)32(37)16-18-33(19-17-32)24-30(36)25-34-20-22-35(23-21-34)31(27-8-4-2-5-9-27)28-10-6-3-7-11-28;1-3-7-17(8-4-1)20(18-9-5-2-6-10-18)22-13-11-21(12-14-22)15-19-16-23-19;1-3-7-15(8-4-1)17(16-9-5-2-6-10-16)19-13-11-18-12-14-19;1-10-2-4-11(5-3-10)12(14)6-8-13-9-7-12;4-1-3-2-5-3;1-2;2-1-4-3;;;/h2-15,30-31,36-37H,16-25H2,1H3;1-10,19-20H,11-16H2;1-10,17-18H,11-14H2;2-5,13-14H,6-9H2,1H3;3H,1-2H2;1H3;1,3H;;;/q;;;;;;;2*+1;-1/p-1/i;;;;;1D;;;;. The van der Waals surface area contributed by atoms with E-state index in [0.717, 1.165) is 154 Å². The molecule has 0 spiro atoms. The fourth-order valence-corrected chi connectivity index (χ4v) is 14.9. The molecule has 560 valence electrons. The Morgan fingerprint density at radius 1 is 0.491 bits per heavy atom. The zero-order chi connectivity index (χ0) is 73.9. The molecule has 7 aliphatic heterocycles. The number of carbonyl (C=O) groups excluding carboxylic acids is 1. The molecule has 0 aromatic heterocycles. The molecule has 8 aromatic carbocycles. The van der Waals surface area contributed by atoms with E-state index in [1.807, 2.05) is 12.1 Å². The van der Waals surface area contributed by atoms with Gasteiger partial charge in [0.05, 0.1) is 69.4 Å². The summed E-state index contributed by atoms with van der Waals surface area (Å²) in [5.74, 6) is 0. The molecule has 0 amide bonds. The average Bonchev–Trinajstić information content (AvgIpc) is 1.29. The first-order valence-electron chi connectivity index (χ1n) is 37.8. The Hall–Kier alpha value is -3.65. The van der Waals surface area contributed by atoms with E-state index in [-0.39, 0.29) is 123 Å². The molecule has 0 bridgehead atoms. The molecule has 15 rings (SSSR count). The van der Waals surface area contributed by atoms with Gasteiger partial charge in [0.15, 0.2) is 0 Å². The van der Waals surface area contributed by atoms with Crippen molar-refractivity contribution in [2.75, 3.05) is 150 Å². The third-order valence-electron chi connectivity index (χ3n) is 20.5. The van der Waals surface area contributed by atoms with Crippen LogP contribution in [0.15, 0.2) is 231 Å². The SMILES string of the molecule is BrCC1CO1.Cc1ccc(C2(O)CCN(CC(O)CN3CCN(C(c4ccccc4)c4ccccc4)CC3)CC2)cc1.Cc1ccc(C2(O)CCNCC2)cc1.O=CO[O-].[2H]CF.[H-].[K+].[K+].c1ccc(C(c2ccccc2)N2CCN(CC3CO3)CC2)cc1.c1ccc(C(c2ccccc2)N2CCNCC2)cc1. The van der Waals surface area contributed by atoms with Gasteiger partial charge in [0.25, 0.3) is 6.47 Å². The van der Waals surface area contributed by atoms with Crippen LogP contribution in [0.5, 0.6) is 0 Å². The summed E-state index contributed by atoms with van der Waals surface area (Å²) < 4.78 is 25.7. The van der Waals surface area contributed by atoms with Crippen molar-refractivity contribution in [3.05, 3.63) is 286 Å². The van der Waals surface area contributed by atoms with Crippen molar-refractivity contribution >= 4 is 22.4 Å². The molecule has 5 N–H and O–H groups in total. The normalized spacial score (nSPS) is 19.6. The average molecular weight is 1560 g/mol. The van der Waals surface area contributed by atoms with Gasteiger partial charge in [-0.05, 0) is 97.1 Å². The second-order valence-corrected chi connectivity index (χ2v) is 28.5. The molecular formula is C86H112BrFK2N8O8. The van der Waals surface area contributed by atoms with Crippen molar-refractivity contribution < 1.29 is 150 Å². The molecule has 3 unspecified atom stereocenters. The van der Waals surface area contributed by atoms with Crippen molar-refractivity contribution in [1.82, 2.24) is 40.0 Å². The number of nitrogens with one attached hydrogen (secondary N) is 2. The van der Waals surface area contributed by atoms with E-state index in [0.29, 0.717) is 50.2 Å². The van der Waals surface area contributed by atoms with Crippen LogP contribution < -0.4 is 119 Å². The van der Waals surface area contributed by atoms with Crippen LogP contribution in [-0.2, 0) is 30.4 Å². The number of ether oxygens (including phenoxy) is 2. The molecule has 20 heteroatoms. The number of rotatable bonds is 19. The zero-order valence-corrected chi connectivity index (χ0v) is 70.7. The van der Waals surface area contributed by atoms with Crippen LogP contribution in [0.4, 0.5) is 4.39 Å². The number of halogens is 2. The molecule has 0 saturated carbocycles. The van der Waals surface area contributed by atoms with Gasteiger partial charge < -0.3 is 51.9 Å². The number of aliphatic hydroxyl groups excluding tert-OH is 1. The molecule has 7 aliphatic rings. The number of epoxide rings is 2. The van der Waals surface area contributed by atoms with Crippen molar-refractivity contribution in [3.8, 4) is 0 Å². The van der Waals surface area contributed by atoms with Gasteiger partial charge in [-0.2, -0.15) is 0 Å². The van der Waals surface area contributed by atoms with Crippen molar-refractivity contribution in [3.63, 3.8) is 0 Å². The zero-order valence-electron chi connectivity index (χ0n) is 64.9. The number of benzene rings is 8. The van der Waals surface area contributed by atoms with Crippen molar-refractivity contribution in [2.45, 2.75) is 87.2 Å². The molecule has 0 radical (unpaired) electrons. The topological polar surface area (TPSA) is 179 Å². The van der Waals surface area contributed by atoms with Crippen LogP contribution in [0, 0.1) is 13.8 Å². The third-order valence-corrected chi connectivity index (χ3v) is 21.2. The summed E-state index contributed by atoms with van der Waals surface area (Å²) >= 11 is 3.25. The first-order valence-corrected chi connectivity index (χ1v) is 38.2. The minimum absolute atomic E-state index is 0. The number of hydrogen-bond donors (Lipinski definition) is 5. The van der Waals surface area contributed by atoms with Gasteiger partial charge in [-0.1, -0.05) is 258 Å². The monoisotopic (exact) mass is 1560 g/mol. The Morgan fingerprint density at radius 2 is 0.774 bits per heavy atom. The number of piperidine rings is 2. The van der Waals surface area contributed by atoms with Gasteiger partial charge in [0, 0.05) is 117 Å². The molecule has 7 fully saturated rings. The van der Waals surface area contributed by atoms with Gasteiger partial charge in [-0.15, -0.1) is 0 Å². The Kier molecular flexibility index (Phi) is 40.6. The Balaban J connectivity index is 0.000000222. The van der Waals surface area contributed by atoms with E-state index < -0.39 is 18.4 Å². The molecule has 106 heavy (non-hydrogen) atoms. The molecular weight excluding hydrogens is 1450 g/mol. The van der Waals surface area contributed by atoms with E-state index in [1.54, 1.807) is 0 Å². The number of aliphatic hydroxyl groups is 3. The number of β-amino-alcohol motifs (C(OH)–C–C–N with tert-alkyl or cyclic N) is 1. The van der Waals surface area contributed by atoms with Gasteiger partial charge in [-0.25, -0.2) is 0 Å². The molecule has 8 aromatic rings. The summed E-state index contributed by atoms with van der Waals surface area (Å²) in [6.07, 6.45) is 3.72. The summed E-state index contributed by atoms with van der Waals surface area (Å²) in [6, 6.07) is 82.5. The summed E-state index contributed by atoms with van der Waals surface area (Å²) in [4.78, 5) is 26.3. The van der Waals surface area contributed by atoms with Gasteiger partial charge in [0.2, 0.25) is 0 Å². The summed E-state index contributed by atoms with van der Waals surface area (Å²) in [7, 11) is -1.00. The fourth-order valence-electron chi connectivity index (χ4n) is 14.5. The maximum Gasteiger partial charge on any atom is 1.00 e. The predicted molar refractivity (Wildman–Crippen MR) is 417 cm³/mol. The minimum Gasteiger partial charge on any atom is -1.00 e. The molecule has 7 heterocycles. The summed E-state index contributed by atoms with van der Waals surface area (Å²) in [6.45, 7) is 24.5. The molecule has 16 nitrogen and oxygen atoms in total. The summed E-state index contributed by atoms with van der Waals surface area (Å²) in [5, 5.41) is 48.6. The van der Waals surface area contributed by atoms with Crippen LogP contribution in [0.2, 0.25) is 0 Å². The van der Waals surface area contributed by atoms with Gasteiger partial charge >= 0.3 is 103 Å².